The standard InChI is InChI=1S/C9H18FN/c1-7(2)9(10)8-4-3-5-11-6-8/h7-9,11H,3-6H2,1-2H3. The van der Waals surface area contributed by atoms with Crippen LogP contribution in [0.25, 0.3) is 0 Å². The number of nitrogens with one attached hydrogen (secondary N) is 1. The van der Waals surface area contributed by atoms with Crippen molar-refractivity contribution in [2.75, 3.05) is 13.1 Å². The summed E-state index contributed by atoms with van der Waals surface area (Å²) in [5, 5.41) is 3.23. The van der Waals surface area contributed by atoms with Crippen LogP contribution in [0.4, 0.5) is 4.39 Å². The summed E-state index contributed by atoms with van der Waals surface area (Å²) in [6.07, 6.45) is 1.59. The molecule has 1 aliphatic rings. The zero-order chi connectivity index (χ0) is 8.27. The van der Waals surface area contributed by atoms with Crippen molar-refractivity contribution < 1.29 is 4.39 Å². The van der Waals surface area contributed by atoms with Gasteiger partial charge in [-0.3, -0.25) is 0 Å². The van der Waals surface area contributed by atoms with Gasteiger partial charge < -0.3 is 5.32 Å². The summed E-state index contributed by atoms with van der Waals surface area (Å²) in [6, 6.07) is 0. The summed E-state index contributed by atoms with van der Waals surface area (Å²) in [4.78, 5) is 0. The molecule has 1 heterocycles. The minimum absolute atomic E-state index is 0.180. The van der Waals surface area contributed by atoms with E-state index in [1.807, 2.05) is 13.8 Å². The summed E-state index contributed by atoms with van der Waals surface area (Å²) >= 11 is 0. The number of piperidine rings is 1. The van der Waals surface area contributed by atoms with Gasteiger partial charge in [0.05, 0.1) is 0 Å². The average Bonchev–Trinajstić information content (AvgIpc) is 2.05. The first-order chi connectivity index (χ1) is 5.22. The fourth-order valence-electron chi connectivity index (χ4n) is 1.69. The second-order valence-corrected chi connectivity index (χ2v) is 3.79. The van der Waals surface area contributed by atoms with Gasteiger partial charge in [-0.25, -0.2) is 4.39 Å². The first-order valence-electron chi connectivity index (χ1n) is 4.56. The maximum Gasteiger partial charge on any atom is 0.106 e. The van der Waals surface area contributed by atoms with Crippen LogP contribution < -0.4 is 5.32 Å². The van der Waals surface area contributed by atoms with E-state index >= 15 is 0 Å². The monoisotopic (exact) mass is 159 g/mol. The summed E-state index contributed by atoms with van der Waals surface area (Å²) in [6.45, 7) is 5.86. The van der Waals surface area contributed by atoms with Crippen LogP contribution in [-0.4, -0.2) is 19.3 Å². The Morgan fingerprint density at radius 1 is 1.45 bits per heavy atom. The quantitative estimate of drug-likeness (QED) is 0.649. The normalized spacial score (nSPS) is 28.9. The molecule has 0 saturated carbocycles. The van der Waals surface area contributed by atoms with Gasteiger partial charge in [0, 0.05) is 12.5 Å². The number of alkyl halides is 1. The predicted molar refractivity (Wildman–Crippen MR) is 45.3 cm³/mol. The van der Waals surface area contributed by atoms with Crippen molar-refractivity contribution in [2.45, 2.75) is 32.9 Å². The Morgan fingerprint density at radius 3 is 2.64 bits per heavy atom. The molecule has 0 radical (unpaired) electrons. The highest BCUT2D eigenvalue weighted by Gasteiger charge is 2.25. The minimum Gasteiger partial charge on any atom is -0.316 e. The number of rotatable bonds is 2. The maximum absolute atomic E-state index is 13.4. The highest BCUT2D eigenvalue weighted by atomic mass is 19.1. The number of halogens is 1. The molecule has 2 heteroatoms. The Morgan fingerprint density at radius 2 is 2.18 bits per heavy atom. The van der Waals surface area contributed by atoms with Gasteiger partial charge in [0.25, 0.3) is 0 Å². The van der Waals surface area contributed by atoms with E-state index in [9.17, 15) is 4.39 Å². The molecule has 0 aromatic carbocycles. The Labute approximate surface area is 68.4 Å². The SMILES string of the molecule is CC(C)C(F)C1CCCNC1. The minimum atomic E-state index is -0.609. The molecule has 1 fully saturated rings. The molecule has 0 aliphatic carbocycles. The highest BCUT2D eigenvalue weighted by molar-refractivity contribution is 4.77. The molecule has 2 unspecified atom stereocenters. The lowest BCUT2D eigenvalue weighted by atomic mass is 9.89. The lowest BCUT2D eigenvalue weighted by Gasteiger charge is -2.27. The molecule has 0 aromatic heterocycles. The summed E-state index contributed by atoms with van der Waals surface area (Å²) < 4.78 is 13.4. The van der Waals surface area contributed by atoms with Gasteiger partial charge in [-0.2, -0.15) is 0 Å². The van der Waals surface area contributed by atoms with Crippen LogP contribution in [0.2, 0.25) is 0 Å². The van der Waals surface area contributed by atoms with Crippen LogP contribution in [0, 0.1) is 11.8 Å². The molecule has 1 rings (SSSR count). The second-order valence-electron chi connectivity index (χ2n) is 3.79. The van der Waals surface area contributed by atoms with Gasteiger partial charge in [0.2, 0.25) is 0 Å². The van der Waals surface area contributed by atoms with E-state index in [0.29, 0.717) is 0 Å². The molecule has 11 heavy (non-hydrogen) atoms. The topological polar surface area (TPSA) is 12.0 Å². The van der Waals surface area contributed by atoms with Gasteiger partial charge in [-0.05, 0) is 25.3 Å². The molecule has 0 amide bonds. The third-order valence-corrected chi connectivity index (χ3v) is 2.42. The Kier molecular flexibility index (Phi) is 3.31. The largest absolute Gasteiger partial charge is 0.316 e. The van der Waals surface area contributed by atoms with E-state index in [1.165, 1.54) is 0 Å². The summed E-state index contributed by atoms with van der Waals surface area (Å²) in [5.41, 5.74) is 0. The van der Waals surface area contributed by atoms with Gasteiger partial charge in [-0.1, -0.05) is 13.8 Å². The molecule has 66 valence electrons. The van der Waals surface area contributed by atoms with Crippen LogP contribution in [0.15, 0.2) is 0 Å². The molecule has 0 spiro atoms. The smallest absolute Gasteiger partial charge is 0.106 e. The van der Waals surface area contributed by atoms with Crippen LogP contribution in [0.3, 0.4) is 0 Å². The maximum atomic E-state index is 13.4. The van der Waals surface area contributed by atoms with Crippen molar-refractivity contribution in [3.63, 3.8) is 0 Å². The van der Waals surface area contributed by atoms with E-state index < -0.39 is 6.17 Å². The molecule has 0 aromatic rings. The second kappa shape index (κ2) is 4.05. The fourth-order valence-corrected chi connectivity index (χ4v) is 1.69. The van der Waals surface area contributed by atoms with Gasteiger partial charge in [-0.15, -0.1) is 0 Å². The average molecular weight is 159 g/mol. The Balaban J connectivity index is 2.32. The van der Waals surface area contributed by atoms with Crippen LogP contribution in [0.5, 0.6) is 0 Å². The first-order valence-corrected chi connectivity index (χ1v) is 4.56. The zero-order valence-electron chi connectivity index (χ0n) is 7.44. The summed E-state index contributed by atoms with van der Waals surface area (Å²) in [7, 11) is 0. The Hall–Kier alpha value is -0.110. The van der Waals surface area contributed by atoms with E-state index in [4.69, 9.17) is 0 Å². The van der Waals surface area contributed by atoms with Gasteiger partial charge in [0.15, 0.2) is 0 Å². The van der Waals surface area contributed by atoms with E-state index in [1.54, 1.807) is 0 Å². The molecule has 0 bridgehead atoms. The fraction of sp³-hybridized carbons (Fsp3) is 1.00. The third-order valence-electron chi connectivity index (χ3n) is 2.42. The van der Waals surface area contributed by atoms with Crippen LogP contribution >= 0.6 is 0 Å². The van der Waals surface area contributed by atoms with Gasteiger partial charge >= 0.3 is 0 Å². The molecule has 1 aliphatic heterocycles. The van der Waals surface area contributed by atoms with E-state index in [0.717, 1.165) is 25.9 Å². The van der Waals surface area contributed by atoms with Crippen molar-refractivity contribution in [1.29, 1.82) is 0 Å². The van der Waals surface area contributed by atoms with Crippen LogP contribution in [0.1, 0.15) is 26.7 Å². The van der Waals surface area contributed by atoms with Gasteiger partial charge in [0.1, 0.15) is 6.17 Å². The molecular weight excluding hydrogens is 141 g/mol. The van der Waals surface area contributed by atoms with Crippen molar-refractivity contribution >= 4 is 0 Å². The molecule has 1 saturated heterocycles. The Bertz CT molecular complexity index is 108. The number of hydrogen-bond acceptors (Lipinski definition) is 1. The van der Waals surface area contributed by atoms with E-state index in [-0.39, 0.29) is 11.8 Å². The lowest BCUT2D eigenvalue weighted by molar-refractivity contribution is 0.144. The molecule has 1 N–H and O–H groups in total. The van der Waals surface area contributed by atoms with E-state index in [2.05, 4.69) is 5.32 Å². The predicted octanol–water partition coefficient (Wildman–Crippen LogP) is 1.98. The van der Waals surface area contributed by atoms with Crippen LogP contribution in [-0.2, 0) is 0 Å². The first kappa shape index (κ1) is 8.98. The lowest BCUT2D eigenvalue weighted by Crippen LogP contribution is -2.36. The molecule has 1 nitrogen and oxygen atoms in total. The summed E-state index contributed by atoms with van der Waals surface area (Å²) in [5.74, 6) is 0.448. The molecule has 2 atom stereocenters. The number of hydrogen-bond donors (Lipinski definition) is 1. The van der Waals surface area contributed by atoms with Crippen molar-refractivity contribution in [3.05, 3.63) is 0 Å². The third kappa shape index (κ3) is 2.44. The zero-order valence-corrected chi connectivity index (χ0v) is 7.44. The van der Waals surface area contributed by atoms with Crippen molar-refractivity contribution in [3.8, 4) is 0 Å². The van der Waals surface area contributed by atoms with Crippen molar-refractivity contribution in [2.24, 2.45) is 11.8 Å². The highest BCUT2D eigenvalue weighted by Crippen LogP contribution is 2.22. The van der Waals surface area contributed by atoms with Crippen molar-refractivity contribution in [1.82, 2.24) is 5.32 Å². The molecular formula is C9H18FN.